The van der Waals surface area contributed by atoms with Crippen LogP contribution >= 0.6 is 0 Å². The van der Waals surface area contributed by atoms with Crippen molar-refractivity contribution < 1.29 is 4.74 Å². The molecule has 1 heterocycles. The largest absolute Gasteiger partial charge is 0.481 e. The van der Waals surface area contributed by atoms with Crippen molar-refractivity contribution in [3.05, 3.63) is 18.3 Å². The van der Waals surface area contributed by atoms with Crippen LogP contribution < -0.4 is 10.1 Å². The molecule has 0 unspecified atom stereocenters. The van der Waals surface area contributed by atoms with E-state index < -0.39 is 0 Å². The Morgan fingerprint density at radius 1 is 1.29 bits per heavy atom. The van der Waals surface area contributed by atoms with Gasteiger partial charge >= 0.3 is 0 Å². The van der Waals surface area contributed by atoms with E-state index in [0.29, 0.717) is 17.3 Å². The summed E-state index contributed by atoms with van der Waals surface area (Å²) in [5.41, 5.74) is 1.62. The van der Waals surface area contributed by atoms with Crippen molar-refractivity contribution in [1.29, 1.82) is 0 Å². The Bertz CT molecular complexity index is 349. The molecule has 0 radical (unpaired) electrons. The third kappa shape index (κ3) is 3.35. The molecule has 0 atom stereocenters. The highest BCUT2D eigenvalue weighted by atomic mass is 16.5. The Morgan fingerprint density at radius 2 is 2.00 bits per heavy atom. The van der Waals surface area contributed by atoms with E-state index in [2.05, 4.69) is 24.1 Å². The minimum Gasteiger partial charge on any atom is -0.481 e. The molecule has 94 valence electrons. The van der Waals surface area contributed by atoms with E-state index >= 15 is 0 Å². The van der Waals surface area contributed by atoms with E-state index in [1.54, 1.807) is 7.11 Å². The van der Waals surface area contributed by atoms with Crippen molar-refractivity contribution >= 4 is 5.69 Å². The number of ether oxygens (including phenoxy) is 1. The van der Waals surface area contributed by atoms with Crippen LogP contribution in [0.4, 0.5) is 5.69 Å². The third-order valence-corrected chi connectivity index (χ3v) is 3.66. The lowest BCUT2D eigenvalue weighted by Gasteiger charge is -2.35. The van der Waals surface area contributed by atoms with Gasteiger partial charge in [0.2, 0.25) is 5.88 Å². The summed E-state index contributed by atoms with van der Waals surface area (Å²) in [7, 11) is 1.64. The Hall–Kier alpha value is -1.25. The van der Waals surface area contributed by atoms with Gasteiger partial charge in [-0.1, -0.05) is 13.8 Å². The molecule has 3 nitrogen and oxygen atoms in total. The first-order chi connectivity index (χ1) is 8.09. The first kappa shape index (κ1) is 12.2. The number of nitrogens with one attached hydrogen (secondary N) is 1. The van der Waals surface area contributed by atoms with Gasteiger partial charge in [-0.2, -0.15) is 0 Å². The first-order valence-electron chi connectivity index (χ1n) is 6.36. The zero-order valence-corrected chi connectivity index (χ0v) is 11.0. The Morgan fingerprint density at radius 3 is 2.53 bits per heavy atom. The second-order valence-corrected chi connectivity index (χ2v) is 5.67. The number of pyridine rings is 1. The molecule has 3 heteroatoms. The summed E-state index contributed by atoms with van der Waals surface area (Å²) >= 11 is 0. The van der Waals surface area contributed by atoms with Gasteiger partial charge in [0.1, 0.15) is 0 Å². The van der Waals surface area contributed by atoms with Crippen molar-refractivity contribution in [2.24, 2.45) is 5.41 Å². The average Bonchev–Trinajstić information content (AvgIpc) is 2.33. The summed E-state index contributed by atoms with van der Waals surface area (Å²) < 4.78 is 5.05. The fraction of sp³-hybridized carbons (Fsp3) is 0.643. The minimum absolute atomic E-state index is 0.524. The number of hydrogen-bond donors (Lipinski definition) is 1. The SMILES string of the molecule is COc1ccc(NC2CCC(C)(C)CC2)cn1. The van der Waals surface area contributed by atoms with Gasteiger partial charge in [-0.3, -0.25) is 0 Å². The molecule has 1 fully saturated rings. The molecule has 1 N–H and O–H groups in total. The van der Waals surface area contributed by atoms with Crippen LogP contribution in [-0.4, -0.2) is 18.1 Å². The van der Waals surface area contributed by atoms with Crippen LogP contribution in [0.1, 0.15) is 39.5 Å². The van der Waals surface area contributed by atoms with Gasteiger partial charge in [0.25, 0.3) is 0 Å². The summed E-state index contributed by atoms with van der Waals surface area (Å²) in [5.74, 6) is 0.667. The van der Waals surface area contributed by atoms with Crippen molar-refractivity contribution in [1.82, 2.24) is 4.98 Å². The Kier molecular flexibility index (Phi) is 3.55. The fourth-order valence-electron chi connectivity index (χ4n) is 2.37. The number of aromatic nitrogens is 1. The molecule has 0 amide bonds. The molecule has 0 bridgehead atoms. The predicted molar refractivity (Wildman–Crippen MR) is 70.4 cm³/mol. The summed E-state index contributed by atoms with van der Waals surface area (Å²) in [6.45, 7) is 4.72. The van der Waals surface area contributed by atoms with E-state index in [1.807, 2.05) is 18.3 Å². The molecule has 0 aliphatic heterocycles. The molecule has 1 aliphatic carbocycles. The third-order valence-electron chi connectivity index (χ3n) is 3.66. The second kappa shape index (κ2) is 4.94. The maximum absolute atomic E-state index is 5.05. The van der Waals surface area contributed by atoms with E-state index in [4.69, 9.17) is 4.74 Å². The highest BCUT2D eigenvalue weighted by molar-refractivity contribution is 5.43. The van der Waals surface area contributed by atoms with Crippen LogP contribution in [0.15, 0.2) is 18.3 Å². The molecular weight excluding hydrogens is 212 g/mol. The summed E-state index contributed by atoms with van der Waals surface area (Å²) in [6.07, 6.45) is 6.94. The predicted octanol–water partition coefficient (Wildman–Crippen LogP) is 3.47. The highest BCUT2D eigenvalue weighted by Gasteiger charge is 2.26. The van der Waals surface area contributed by atoms with Gasteiger partial charge in [-0.15, -0.1) is 0 Å². The van der Waals surface area contributed by atoms with Gasteiger partial charge in [0.05, 0.1) is 19.0 Å². The zero-order chi connectivity index (χ0) is 12.3. The highest BCUT2D eigenvalue weighted by Crippen LogP contribution is 2.36. The molecule has 0 aromatic carbocycles. The van der Waals surface area contributed by atoms with E-state index in [9.17, 15) is 0 Å². The number of nitrogens with zero attached hydrogens (tertiary/aromatic N) is 1. The van der Waals surface area contributed by atoms with Crippen molar-refractivity contribution in [2.75, 3.05) is 12.4 Å². The standard InChI is InChI=1S/C14H22N2O/c1-14(2)8-6-11(7-9-14)16-12-4-5-13(17-3)15-10-12/h4-5,10-11,16H,6-9H2,1-3H3. The van der Waals surface area contributed by atoms with Gasteiger partial charge in [-0.05, 0) is 37.2 Å². The molecule has 17 heavy (non-hydrogen) atoms. The molecule has 1 aliphatic rings. The van der Waals surface area contributed by atoms with E-state index in [0.717, 1.165) is 5.69 Å². The maximum Gasteiger partial charge on any atom is 0.213 e. The van der Waals surface area contributed by atoms with E-state index in [-0.39, 0.29) is 0 Å². The molecular formula is C14H22N2O. The van der Waals surface area contributed by atoms with Gasteiger partial charge in [0.15, 0.2) is 0 Å². The van der Waals surface area contributed by atoms with Crippen LogP contribution in [0.2, 0.25) is 0 Å². The van der Waals surface area contributed by atoms with Crippen LogP contribution in [-0.2, 0) is 0 Å². The van der Waals surface area contributed by atoms with Crippen LogP contribution in [0.5, 0.6) is 5.88 Å². The van der Waals surface area contributed by atoms with Crippen LogP contribution in [0.3, 0.4) is 0 Å². The smallest absolute Gasteiger partial charge is 0.213 e. The topological polar surface area (TPSA) is 34.1 Å². The lowest BCUT2D eigenvalue weighted by atomic mass is 9.75. The number of rotatable bonds is 3. The van der Waals surface area contributed by atoms with Crippen LogP contribution in [0, 0.1) is 5.41 Å². The number of methoxy groups -OCH3 is 1. The quantitative estimate of drug-likeness (QED) is 0.869. The van der Waals surface area contributed by atoms with Gasteiger partial charge < -0.3 is 10.1 Å². The molecule has 2 rings (SSSR count). The average molecular weight is 234 g/mol. The number of anilines is 1. The van der Waals surface area contributed by atoms with Crippen molar-refractivity contribution in [3.63, 3.8) is 0 Å². The zero-order valence-electron chi connectivity index (χ0n) is 11.0. The van der Waals surface area contributed by atoms with E-state index in [1.165, 1.54) is 25.7 Å². The monoisotopic (exact) mass is 234 g/mol. The second-order valence-electron chi connectivity index (χ2n) is 5.67. The molecule has 1 aromatic heterocycles. The number of hydrogen-bond acceptors (Lipinski definition) is 3. The Balaban J connectivity index is 1.89. The maximum atomic E-state index is 5.05. The lowest BCUT2D eigenvalue weighted by molar-refractivity contribution is 0.232. The lowest BCUT2D eigenvalue weighted by Crippen LogP contribution is -2.29. The fourth-order valence-corrected chi connectivity index (χ4v) is 2.37. The van der Waals surface area contributed by atoms with Crippen molar-refractivity contribution in [3.8, 4) is 5.88 Å². The van der Waals surface area contributed by atoms with Crippen molar-refractivity contribution in [2.45, 2.75) is 45.6 Å². The summed E-state index contributed by atoms with van der Waals surface area (Å²) in [6, 6.07) is 4.53. The Labute approximate surface area is 104 Å². The molecule has 0 saturated heterocycles. The summed E-state index contributed by atoms with van der Waals surface area (Å²) in [4.78, 5) is 4.21. The normalized spacial score (nSPS) is 19.9. The van der Waals surface area contributed by atoms with Crippen LogP contribution in [0.25, 0.3) is 0 Å². The summed E-state index contributed by atoms with van der Waals surface area (Å²) in [5, 5.41) is 3.55. The molecule has 0 spiro atoms. The molecule has 1 saturated carbocycles. The van der Waals surface area contributed by atoms with Gasteiger partial charge in [-0.25, -0.2) is 4.98 Å². The first-order valence-corrected chi connectivity index (χ1v) is 6.36. The molecule has 1 aromatic rings. The van der Waals surface area contributed by atoms with Gasteiger partial charge in [0, 0.05) is 12.1 Å². The minimum atomic E-state index is 0.524.